The highest BCUT2D eigenvalue weighted by Gasteiger charge is 2.33. The number of rotatable bonds is 1. The Hall–Kier alpha value is -0.780. The summed E-state index contributed by atoms with van der Waals surface area (Å²) < 4.78 is 0. The second-order valence-corrected chi connectivity index (χ2v) is 5.26. The van der Waals surface area contributed by atoms with Gasteiger partial charge < -0.3 is 0 Å². The summed E-state index contributed by atoms with van der Waals surface area (Å²) in [5, 5.41) is 0. The normalized spacial score (nSPS) is 30.8. The Labute approximate surface area is 92.8 Å². The molecular formula is C15H20. The van der Waals surface area contributed by atoms with Crippen molar-refractivity contribution in [2.75, 3.05) is 0 Å². The summed E-state index contributed by atoms with van der Waals surface area (Å²) in [4.78, 5) is 0. The summed E-state index contributed by atoms with van der Waals surface area (Å²) in [6.45, 7) is 4.23. The minimum atomic E-state index is 0.962. The molecule has 1 saturated carbocycles. The first-order valence-electron chi connectivity index (χ1n) is 6.47. The van der Waals surface area contributed by atoms with Gasteiger partial charge in [-0.15, -0.1) is 0 Å². The fraction of sp³-hybridized carbons (Fsp3) is 0.600. The van der Waals surface area contributed by atoms with Gasteiger partial charge in [-0.05, 0) is 67.6 Å². The number of hydrogen-bond acceptors (Lipinski definition) is 0. The van der Waals surface area contributed by atoms with Gasteiger partial charge in [0.1, 0.15) is 0 Å². The molecule has 3 aliphatic carbocycles. The Kier molecular flexibility index (Phi) is 2.31. The lowest BCUT2D eigenvalue weighted by atomic mass is 9.65. The molecule has 0 heterocycles. The van der Waals surface area contributed by atoms with E-state index < -0.39 is 0 Å². The van der Waals surface area contributed by atoms with E-state index in [1.165, 1.54) is 56.9 Å². The van der Waals surface area contributed by atoms with Gasteiger partial charge in [-0.2, -0.15) is 0 Å². The van der Waals surface area contributed by atoms with Gasteiger partial charge in [0.15, 0.2) is 0 Å². The summed E-state index contributed by atoms with van der Waals surface area (Å²) in [6.07, 6.45) is 13.3. The number of fused-ring (bicyclic) bond motifs is 1. The van der Waals surface area contributed by atoms with Crippen molar-refractivity contribution in [3.8, 4) is 0 Å². The van der Waals surface area contributed by atoms with Crippen LogP contribution in [0.15, 0.2) is 34.9 Å². The molecule has 0 radical (unpaired) electrons. The Morgan fingerprint density at radius 3 is 2.87 bits per heavy atom. The molecule has 0 aromatic carbocycles. The molecule has 1 unspecified atom stereocenters. The predicted molar refractivity (Wildman–Crippen MR) is 64.7 cm³/mol. The maximum Gasteiger partial charge on any atom is -0.0156 e. The highest BCUT2D eigenvalue weighted by atomic mass is 14.4. The van der Waals surface area contributed by atoms with E-state index in [1.807, 2.05) is 0 Å². The van der Waals surface area contributed by atoms with Crippen molar-refractivity contribution >= 4 is 0 Å². The average molecular weight is 200 g/mol. The molecule has 15 heavy (non-hydrogen) atoms. The largest absolute Gasteiger partial charge is 0.0952 e. The summed E-state index contributed by atoms with van der Waals surface area (Å²) in [7, 11) is 0. The lowest BCUT2D eigenvalue weighted by Crippen LogP contribution is -2.24. The van der Waals surface area contributed by atoms with E-state index in [2.05, 4.69) is 12.7 Å². The number of allylic oxidation sites excluding steroid dienone is 5. The molecule has 0 amide bonds. The maximum absolute atomic E-state index is 4.23. The Morgan fingerprint density at radius 1 is 1.13 bits per heavy atom. The second-order valence-electron chi connectivity index (χ2n) is 5.26. The van der Waals surface area contributed by atoms with Crippen LogP contribution < -0.4 is 0 Å². The van der Waals surface area contributed by atoms with Gasteiger partial charge in [0, 0.05) is 0 Å². The molecule has 1 atom stereocenters. The summed E-state index contributed by atoms with van der Waals surface area (Å²) in [5.41, 5.74) is 6.46. The Bertz CT molecular complexity index is 354. The summed E-state index contributed by atoms with van der Waals surface area (Å²) >= 11 is 0. The van der Waals surface area contributed by atoms with Crippen molar-refractivity contribution in [2.24, 2.45) is 5.92 Å². The Morgan fingerprint density at radius 2 is 2.07 bits per heavy atom. The van der Waals surface area contributed by atoms with Crippen molar-refractivity contribution < 1.29 is 0 Å². The van der Waals surface area contributed by atoms with E-state index in [9.17, 15) is 0 Å². The second kappa shape index (κ2) is 3.66. The van der Waals surface area contributed by atoms with Crippen LogP contribution in [0.25, 0.3) is 0 Å². The van der Waals surface area contributed by atoms with Crippen LogP contribution in [0.5, 0.6) is 0 Å². The molecule has 1 fully saturated rings. The van der Waals surface area contributed by atoms with Crippen LogP contribution in [-0.4, -0.2) is 0 Å². The van der Waals surface area contributed by atoms with Crippen LogP contribution in [0.1, 0.15) is 51.4 Å². The predicted octanol–water partition coefficient (Wildman–Crippen LogP) is 4.54. The molecule has 0 spiro atoms. The van der Waals surface area contributed by atoms with E-state index in [-0.39, 0.29) is 0 Å². The highest BCUT2D eigenvalue weighted by Crippen LogP contribution is 2.49. The average Bonchev–Trinajstić information content (AvgIpc) is 2.23. The first kappa shape index (κ1) is 9.45. The van der Waals surface area contributed by atoms with Gasteiger partial charge in [0.05, 0.1) is 0 Å². The minimum Gasteiger partial charge on any atom is -0.0952 e. The van der Waals surface area contributed by atoms with Gasteiger partial charge >= 0.3 is 0 Å². The first-order valence-corrected chi connectivity index (χ1v) is 6.47. The molecule has 0 aromatic rings. The fourth-order valence-electron chi connectivity index (χ4n) is 3.41. The summed E-state index contributed by atoms with van der Waals surface area (Å²) in [5.74, 6) is 0.962. The van der Waals surface area contributed by atoms with Crippen molar-refractivity contribution in [1.29, 1.82) is 0 Å². The Balaban J connectivity index is 1.89. The van der Waals surface area contributed by atoms with E-state index in [4.69, 9.17) is 0 Å². The molecule has 0 nitrogen and oxygen atoms in total. The van der Waals surface area contributed by atoms with E-state index >= 15 is 0 Å². The van der Waals surface area contributed by atoms with E-state index in [1.54, 1.807) is 16.7 Å². The quantitative estimate of drug-likeness (QED) is 0.583. The topological polar surface area (TPSA) is 0 Å². The van der Waals surface area contributed by atoms with Crippen LogP contribution in [0, 0.1) is 5.92 Å². The van der Waals surface area contributed by atoms with Gasteiger partial charge in [-0.3, -0.25) is 0 Å². The molecule has 0 saturated heterocycles. The van der Waals surface area contributed by atoms with E-state index in [0.717, 1.165) is 5.92 Å². The van der Waals surface area contributed by atoms with Crippen LogP contribution >= 0.6 is 0 Å². The molecule has 80 valence electrons. The molecule has 0 heteroatoms. The van der Waals surface area contributed by atoms with Gasteiger partial charge in [-0.25, -0.2) is 0 Å². The third-order valence-corrected chi connectivity index (χ3v) is 4.32. The molecule has 0 aliphatic heterocycles. The third-order valence-electron chi connectivity index (χ3n) is 4.32. The van der Waals surface area contributed by atoms with E-state index in [0.29, 0.717) is 0 Å². The molecule has 3 rings (SSSR count). The van der Waals surface area contributed by atoms with Gasteiger partial charge in [0.25, 0.3) is 0 Å². The zero-order chi connectivity index (χ0) is 10.3. The smallest absolute Gasteiger partial charge is 0.0156 e. The zero-order valence-electron chi connectivity index (χ0n) is 9.52. The molecule has 3 aliphatic rings. The highest BCUT2D eigenvalue weighted by molar-refractivity contribution is 5.53. The zero-order valence-corrected chi connectivity index (χ0v) is 9.52. The third kappa shape index (κ3) is 1.51. The van der Waals surface area contributed by atoms with Crippen LogP contribution in [-0.2, 0) is 0 Å². The molecule has 0 bridgehead atoms. The SMILES string of the molecule is C=C1CCCC=C1C1=C2CCCCC2C1. The van der Waals surface area contributed by atoms with Crippen molar-refractivity contribution in [3.05, 3.63) is 34.9 Å². The monoisotopic (exact) mass is 200 g/mol. The lowest BCUT2D eigenvalue weighted by Gasteiger charge is -2.39. The van der Waals surface area contributed by atoms with Crippen molar-refractivity contribution in [1.82, 2.24) is 0 Å². The van der Waals surface area contributed by atoms with Crippen molar-refractivity contribution in [3.63, 3.8) is 0 Å². The standard InChI is InChI=1S/C15H20/c1-11-6-2-4-8-13(11)15-10-12-7-3-5-9-14(12)15/h8,12H,1-7,9-10H2. The maximum atomic E-state index is 4.23. The molecular weight excluding hydrogens is 180 g/mol. The molecule has 0 aromatic heterocycles. The first-order chi connectivity index (χ1) is 7.36. The van der Waals surface area contributed by atoms with Crippen LogP contribution in [0.2, 0.25) is 0 Å². The van der Waals surface area contributed by atoms with Crippen LogP contribution in [0.4, 0.5) is 0 Å². The van der Waals surface area contributed by atoms with Crippen LogP contribution in [0.3, 0.4) is 0 Å². The lowest BCUT2D eigenvalue weighted by molar-refractivity contribution is 0.401. The fourth-order valence-corrected chi connectivity index (χ4v) is 3.41. The van der Waals surface area contributed by atoms with Crippen molar-refractivity contribution in [2.45, 2.75) is 51.4 Å². The molecule has 0 N–H and O–H groups in total. The number of hydrogen-bond donors (Lipinski definition) is 0. The van der Waals surface area contributed by atoms with Gasteiger partial charge in [0.2, 0.25) is 0 Å². The minimum absolute atomic E-state index is 0.962. The summed E-state index contributed by atoms with van der Waals surface area (Å²) in [6, 6.07) is 0. The van der Waals surface area contributed by atoms with Gasteiger partial charge in [-0.1, -0.05) is 24.6 Å².